The minimum Gasteiger partial charge on any atom is -0.319 e. The molecule has 6 heteroatoms. The third-order valence-electron chi connectivity index (χ3n) is 2.90. The van der Waals surface area contributed by atoms with Crippen LogP contribution in [0.3, 0.4) is 0 Å². The number of aromatic nitrogens is 2. The molecule has 1 amide bonds. The van der Waals surface area contributed by atoms with Crippen LogP contribution in [0, 0.1) is 3.57 Å². The van der Waals surface area contributed by atoms with E-state index in [1.54, 1.807) is 10.7 Å². The first kappa shape index (κ1) is 15.3. The number of nitrogens with zero attached hydrogens (tertiary/aromatic N) is 2. The lowest BCUT2D eigenvalue weighted by Crippen LogP contribution is -2.17. The molecule has 0 saturated heterocycles. The molecule has 4 nitrogen and oxygen atoms in total. The van der Waals surface area contributed by atoms with Crippen LogP contribution in [0.25, 0.3) is 0 Å². The van der Waals surface area contributed by atoms with Crippen LogP contribution in [-0.2, 0) is 13.0 Å². The normalized spacial score (nSPS) is 10.6. The smallest absolute Gasteiger partial charge is 0.273 e. The molecule has 0 fully saturated rings. The third kappa shape index (κ3) is 3.32. The monoisotopic (exact) mass is 403 g/mol. The van der Waals surface area contributed by atoms with Crippen LogP contribution in [0.15, 0.2) is 24.3 Å². The highest BCUT2D eigenvalue weighted by Crippen LogP contribution is 2.24. The fraction of sp³-hybridized carbons (Fsp3) is 0.286. The molecule has 106 valence electrons. The van der Waals surface area contributed by atoms with Crippen LogP contribution in [0.4, 0.5) is 5.69 Å². The zero-order valence-corrected chi connectivity index (χ0v) is 14.2. The SMILES string of the molecule is CCc1cc(C(=O)Nc2ccc(I)cc2Cl)n(CC)n1. The molecule has 0 saturated carbocycles. The average molecular weight is 404 g/mol. The van der Waals surface area contributed by atoms with Gasteiger partial charge in [0.15, 0.2) is 0 Å². The average Bonchev–Trinajstić information content (AvgIpc) is 2.85. The molecule has 0 aliphatic heterocycles. The first-order valence-corrected chi connectivity index (χ1v) is 7.84. The highest BCUT2D eigenvalue weighted by Gasteiger charge is 2.15. The van der Waals surface area contributed by atoms with E-state index in [1.165, 1.54) is 0 Å². The number of nitrogens with one attached hydrogen (secondary N) is 1. The maximum absolute atomic E-state index is 12.3. The Morgan fingerprint density at radius 2 is 2.15 bits per heavy atom. The van der Waals surface area contributed by atoms with Gasteiger partial charge in [-0.15, -0.1) is 0 Å². The number of carbonyl (C=O) groups excluding carboxylic acids is 1. The van der Waals surface area contributed by atoms with E-state index in [0.717, 1.165) is 15.7 Å². The van der Waals surface area contributed by atoms with E-state index in [1.807, 2.05) is 32.0 Å². The van der Waals surface area contributed by atoms with Gasteiger partial charge in [-0.3, -0.25) is 9.48 Å². The molecule has 0 aliphatic carbocycles. The number of amides is 1. The van der Waals surface area contributed by atoms with Gasteiger partial charge in [0.1, 0.15) is 5.69 Å². The Kier molecular flexibility index (Phi) is 5.04. The second-order valence-corrected chi connectivity index (χ2v) is 5.92. The molecule has 0 bridgehead atoms. The van der Waals surface area contributed by atoms with Gasteiger partial charge >= 0.3 is 0 Å². The molecule has 1 N–H and O–H groups in total. The van der Waals surface area contributed by atoms with Crippen molar-refractivity contribution < 1.29 is 4.79 Å². The van der Waals surface area contributed by atoms with Crippen molar-refractivity contribution in [1.29, 1.82) is 0 Å². The molecule has 0 radical (unpaired) electrons. The van der Waals surface area contributed by atoms with Crippen LogP contribution in [0.5, 0.6) is 0 Å². The summed E-state index contributed by atoms with van der Waals surface area (Å²) in [4.78, 5) is 12.3. The summed E-state index contributed by atoms with van der Waals surface area (Å²) in [6.07, 6.45) is 0.803. The molecule has 20 heavy (non-hydrogen) atoms. The lowest BCUT2D eigenvalue weighted by Gasteiger charge is -2.08. The third-order valence-corrected chi connectivity index (χ3v) is 3.89. The molecule has 0 spiro atoms. The van der Waals surface area contributed by atoms with Crippen LogP contribution < -0.4 is 5.32 Å². The van der Waals surface area contributed by atoms with Gasteiger partial charge in [0, 0.05) is 10.1 Å². The van der Waals surface area contributed by atoms with Crippen molar-refractivity contribution in [3.63, 3.8) is 0 Å². The Morgan fingerprint density at radius 3 is 2.75 bits per heavy atom. The van der Waals surface area contributed by atoms with E-state index >= 15 is 0 Å². The number of anilines is 1. The molecular weight excluding hydrogens is 389 g/mol. The number of aryl methyl sites for hydroxylation is 2. The van der Waals surface area contributed by atoms with Crippen LogP contribution >= 0.6 is 34.2 Å². The van der Waals surface area contributed by atoms with Gasteiger partial charge in [0.25, 0.3) is 5.91 Å². The van der Waals surface area contributed by atoms with Crippen molar-refractivity contribution in [1.82, 2.24) is 9.78 Å². The Bertz CT molecular complexity index is 639. The summed E-state index contributed by atoms with van der Waals surface area (Å²) < 4.78 is 2.73. The number of carbonyl (C=O) groups is 1. The van der Waals surface area contributed by atoms with Gasteiger partial charge in [0.2, 0.25) is 0 Å². The number of hydrogen-bond donors (Lipinski definition) is 1. The highest BCUT2D eigenvalue weighted by atomic mass is 127. The Morgan fingerprint density at radius 1 is 1.40 bits per heavy atom. The fourth-order valence-electron chi connectivity index (χ4n) is 1.84. The standard InChI is InChI=1S/C14H15ClIN3O/c1-3-10-8-13(19(4-2)18-10)14(20)17-12-6-5-9(16)7-11(12)15/h5-8H,3-4H2,1-2H3,(H,17,20). The van der Waals surface area contributed by atoms with Crippen LogP contribution in [0.1, 0.15) is 30.0 Å². The summed E-state index contributed by atoms with van der Waals surface area (Å²) in [6.45, 7) is 4.63. The predicted octanol–water partition coefficient (Wildman–Crippen LogP) is 3.98. The number of hydrogen-bond acceptors (Lipinski definition) is 2. The van der Waals surface area contributed by atoms with Gasteiger partial charge in [-0.05, 0) is 60.2 Å². The van der Waals surface area contributed by atoms with E-state index in [-0.39, 0.29) is 5.91 Å². The van der Waals surface area contributed by atoms with E-state index in [9.17, 15) is 4.79 Å². The molecule has 1 heterocycles. The summed E-state index contributed by atoms with van der Waals surface area (Å²) in [5.74, 6) is -0.192. The van der Waals surface area contributed by atoms with Crippen molar-refractivity contribution in [3.05, 3.63) is 44.2 Å². The number of benzene rings is 1. The largest absolute Gasteiger partial charge is 0.319 e. The number of rotatable bonds is 4. The van der Waals surface area contributed by atoms with Crippen molar-refractivity contribution in [2.24, 2.45) is 0 Å². The summed E-state index contributed by atoms with van der Waals surface area (Å²) in [5, 5.41) is 7.73. The van der Waals surface area contributed by atoms with Gasteiger partial charge in [-0.25, -0.2) is 0 Å². The molecule has 0 unspecified atom stereocenters. The summed E-state index contributed by atoms with van der Waals surface area (Å²) in [7, 11) is 0. The molecule has 0 atom stereocenters. The predicted molar refractivity (Wildman–Crippen MR) is 89.4 cm³/mol. The fourth-order valence-corrected chi connectivity index (χ4v) is 2.75. The highest BCUT2D eigenvalue weighted by molar-refractivity contribution is 14.1. The lowest BCUT2D eigenvalue weighted by atomic mass is 10.2. The maximum Gasteiger partial charge on any atom is 0.273 e. The van der Waals surface area contributed by atoms with E-state index in [4.69, 9.17) is 11.6 Å². The Labute approximate surface area is 136 Å². The Balaban J connectivity index is 2.25. The van der Waals surface area contributed by atoms with E-state index in [0.29, 0.717) is 22.9 Å². The number of halogens is 2. The molecule has 2 rings (SSSR count). The molecule has 0 aliphatic rings. The van der Waals surface area contributed by atoms with E-state index in [2.05, 4.69) is 33.0 Å². The molecule has 1 aromatic heterocycles. The summed E-state index contributed by atoms with van der Waals surface area (Å²) in [6, 6.07) is 7.33. The van der Waals surface area contributed by atoms with E-state index < -0.39 is 0 Å². The quantitative estimate of drug-likeness (QED) is 0.785. The zero-order valence-electron chi connectivity index (χ0n) is 11.3. The second-order valence-electron chi connectivity index (χ2n) is 4.27. The first-order chi connectivity index (χ1) is 9.55. The van der Waals surface area contributed by atoms with Crippen LogP contribution in [-0.4, -0.2) is 15.7 Å². The van der Waals surface area contributed by atoms with Gasteiger partial charge < -0.3 is 5.32 Å². The second kappa shape index (κ2) is 6.58. The first-order valence-electron chi connectivity index (χ1n) is 6.38. The van der Waals surface area contributed by atoms with Crippen molar-refractivity contribution in [2.75, 3.05) is 5.32 Å². The van der Waals surface area contributed by atoms with Crippen molar-refractivity contribution in [2.45, 2.75) is 26.8 Å². The maximum atomic E-state index is 12.3. The zero-order chi connectivity index (χ0) is 14.7. The van der Waals surface area contributed by atoms with Crippen molar-refractivity contribution >= 4 is 45.8 Å². The van der Waals surface area contributed by atoms with Gasteiger partial charge in [0.05, 0.1) is 16.4 Å². The minimum atomic E-state index is -0.192. The summed E-state index contributed by atoms with van der Waals surface area (Å²) >= 11 is 8.30. The topological polar surface area (TPSA) is 46.9 Å². The van der Waals surface area contributed by atoms with Crippen molar-refractivity contribution in [3.8, 4) is 0 Å². The molecule has 2 aromatic rings. The van der Waals surface area contributed by atoms with Crippen LogP contribution in [0.2, 0.25) is 5.02 Å². The lowest BCUT2D eigenvalue weighted by molar-refractivity contribution is 0.101. The Hall–Kier alpha value is -1.08. The minimum absolute atomic E-state index is 0.192. The van der Waals surface area contributed by atoms with Gasteiger partial charge in [-0.2, -0.15) is 5.10 Å². The summed E-state index contributed by atoms with van der Waals surface area (Å²) in [5.41, 5.74) is 2.07. The van der Waals surface area contributed by atoms with Gasteiger partial charge in [-0.1, -0.05) is 18.5 Å². The molecule has 1 aromatic carbocycles. The molecular formula is C14H15ClIN3O.